The third-order valence-corrected chi connectivity index (χ3v) is 7.75. The fourth-order valence-corrected chi connectivity index (χ4v) is 5.57. The number of H-pyrrole nitrogens is 1. The number of nitrogens with one attached hydrogen (secondary N) is 2. The van der Waals surface area contributed by atoms with Gasteiger partial charge in [0.1, 0.15) is 5.39 Å². The van der Waals surface area contributed by atoms with E-state index in [0.717, 1.165) is 25.0 Å². The Labute approximate surface area is 185 Å². The van der Waals surface area contributed by atoms with Gasteiger partial charge in [-0.15, -0.1) is 0 Å². The van der Waals surface area contributed by atoms with Crippen molar-refractivity contribution in [3.63, 3.8) is 0 Å². The Hall–Kier alpha value is -2.73. The topological polar surface area (TPSA) is 119 Å². The molecule has 0 spiro atoms. The Morgan fingerprint density at radius 2 is 1.84 bits per heavy atom. The highest BCUT2D eigenvalue weighted by Gasteiger charge is 2.26. The van der Waals surface area contributed by atoms with Gasteiger partial charge in [-0.25, -0.2) is 8.42 Å². The van der Waals surface area contributed by atoms with Crippen LogP contribution in [0.25, 0.3) is 10.9 Å². The number of morpholine rings is 1. The van der Waals surface area contributed by atoms with Crippen LogP contribution in [0.15, 0.2) is 46.2 Å². The lowest BCUT2D eigenvalue weighted by Crippen LogP contribution is -2.40. The van der Waals surface area contributed by atoms with Crippen molar-refractivity contribution in [1.29, 1.82) is 0 Å². The van der Waals surface area contributed by atoms with E-state index in [1.54, 1.807) is 30.5 Å². The molecule has 1 atom stereocenters. The van der Waals surface area contributed by atoms with Crippen molar-refractivity contribution in [2.45, 2.75) is 23.8 Å². The Morgan fingerprint density at radius 3 is 2.56 bits per heavy atom. The Kier molecular flexibility index (Phi) is 5.72. The number of fused-ring (bicyclic) bond motifs is 1. The van der Waals surface area contributed by atoms with Gasteiger partial charge in [0.15, 0.2) is 5.82 Å². The maximum absolute atomic E-state index is 12.8. The van der Waals surface area contributed by atoms with Crippen LogP contribution < -0.4 is 10.9 Å². The van der Waals surface area contributed by atoms with Crippen molar-refractivity contribution in [1.82, 2.24) is 19.1 Å². The van der Waals surface area contributed by atoms with E-state index in [1.807, 2.05) is 10.7 Å². The van der Waals surface area contributed by atoms with E-state index in [4.69, 9.17) is 9.47 Å². The average molecular weight is 460 g/mol. The lowest BCUT2D eigenvalue weighted by molar-refractivity contribution is 0.0566. The van der Waals surface area contributed by atoms with E-state index in [-0.39, 0.29) is 16.5 Å². The second-order valence-electron chi connectivity index (χ2n) is 7.90. The molecule has 0 radical (unpaired) electrons. The molecule has 11 heteroatoms. The van der Waals surface area contributed by atoms with Crippen LogP contribution in [0.3, 0.4) is 0 Å². The van der Waals surface area contributed by atoms with Crippen LogP contribution in [-0.2, 0) is 19.5 Å². The number of rotatable bonds is 5. The minimum atomic E-state index is -3.57. The van der Waals surface area contributed by atoms with Gasteiger partial charge < -0.3 is 19.8 Å². The molecular formula is C21H25N5O5S. The van der Waals surface area contributed by atoms with Gasteiger partial charge in [-0.3, -0.25) is 9.48 Å². The number of aromatic nitrogens is 3. The number of hydrogen-bond acceptors (Lipinski definition) is 7. The summed E-state index contributed by atoms with van der Waals surface area (Å²) in [5, 5.41) is 8.32. The number of nitrogens with zero attached hydrogens (tertiary/aromatic N) is 3. The van der Waals surface area contributed by atoms with Crippen LogP contribution >= 0.6 is 0 Å². The van der Waals surface area contributed by atoms with E-state index in [2.05, 4.69) is 15.4 Å². The molecule has 0 aliphatic carbocycles. The van der Waals surface area contributed by atoms with Crippen molar-refractivity contribution < 1.29 is 17.9 Å². The van der Waals surface area contributed by atoms with Crippen molar-refractivity contribution in [3.8, 4) is 0 Å². The second kappa shape index (κ2) is 8.66. The third kappa shape index (κ3) is 3.92. The number of sulfonamides is 1. The predicted octanol–water partition coefficient (Wildman–Crippen LogP) is 1.84. The summed E-state index contributed by atoms with van der Waals surface area (Å²) < 4.78 is 39.8. The highest BCUT2D eigenvalue weighted by atomic mass is 32.2. The monoisotopic (exact) mass is 459 g/mol. The minimum Gasteiger partial charge on any atom is -0.379 e. The first-order valence-corrected chi connectivity index (χ1v) is 12.1. The molecule has 32 heavy (non-hydrogen) atoms. The van der Waals surface area contributed by atoms with E-state index in [0.29, 0.717) is 49.8 Å². The van der Waals surface area contributed by atoms with Gasteiger partial charge in [0, 0.05) is 31.6 Å². The number of anilines is 2. The summed E-state index contributed by atoms with van der Waals surface area (Å²) in [6, 6.07) is 8.38. The number of ether oxygens (including phenoxy) is 2. The molecule has 170 valence electrons. The zero-order valence-corrected chi connectivity index (χ0v) is 18.3. The maximum Gasteiger partial charge on any atom is 0.261 e. The first-order chi connectivity index (χ1) is 15.5. The Bertz CT molecular complexity index is 1260. The molecule has 4 heterocycles. The number of pyridine rings is 1. The molecule has 0 saturated carbocycles. The van der Waals surface area contributed by atoms with Gasteiger partial charge in [-0.05, 0) is 43.2 Å². The number of aromatic amines is 1. The molecular weight excluding hydrogens is 434 g/mol. The molecule has 10 nitrogen and oxygen atoms in total. The van der Waals surface area contributed by atoms with E-state index < -0.39 is 10.0 Å². The smallest absolute Gasteiger partial charge is 0.261 e. The zero-order chi connectivity index (χ0) is 22.1. The zero-order valence-electron chi connectivity index (χ0n) is 17.5. The average Bonchev–Trinajstić information content (AvgIpc) is 3.20. The first-order valence-electron chi connectivity index (χ1n) is 10.7. The predicted molar refractivity (Wildman–Crippen MR) is 119 cm³/mol. The van der Waals surface area contributed by atoms with Gasteiger partial charge in [-0.1, -0.05) is 0 Å². The summed E-state index contributed by atoms with van der Waals surface area (Å²) in [6.45, 7) is 2.78. The largest absolute Gasteiger partial charge is 0.379 e. The molecule has 1 aromatic carbocycles. The fourth-order valence-electron chi connectivity index (χ4n) is 4.16. The molecule has 2 N–H and O–H groups in total. The fraction of sp³-hybridized carbons (Fsp3) is 0.429. The maximum atomic E-state index is 12.8. The van der Waals surface area contributed by atoms with E-state index in [9.17, 15) is 13.2 Å². The first kappa shape index (κ1) is 21.1. The van der Waals surface area contributed by atoms with Gasteiger partial charge in [0.25, 0.3) is 5.56 Å². The Balaban J connectivity index is 1.44. The third-order valence-electron chi connectivity index (χ3n) is 5.84. The summed E-state index contributed by atoms with van der Waals surface area (Å²) >= 11 is 0. The number of hydrogen-bond donors (Lipinski definition) is 2. The lowest BCUT2D eigenvalue weighted by atomic mass is 10.1. The molecule has 2 aliphatic heterocycles. The molecule has 0 bridgehead atoms. The molecule has 5 rings (SSSR count). The van der Waals surface area contributed by atoms with Crippen LogP contribution in [-0.4, -0.2) is 67.0 Å². The summed E-state index contributed by atoms with van der Waals surface area (Å²) in [6.07, 6.45) is 3.48. The van der Waals surface area contributed by atoms with E-state index in [1.165, 1.54) is 4.31 Å². The SMILES string of the molecule is O=c1[nH]ccc2c1c(Nc1ccc(S(=O)(=O)N3CCOCC3)cc1)nn2C1CCCOC1. The Morgan fingerprint density at radius 1 is 1.06 bits per heavy atom. The lowest BCUT2D eigenvalue weighted by Gasteiger charge is -2.26. The van der Waals surface area contributed by atoms with Crippen molar-refractivity contribution in [2.75, 3.05) is 44.8 Å². The quantitative estimate of drug-likeness (QED) is 0.598. The van der Waals surface area contributed by atoms with Gasteiger partial charge in [-0.2, -0.15) is 9.40 Å². The second-order valence-corrected chi connectivity index (χ2v) is 9.83. The summed E-state index contributed by atoms with van der Waals surface area (Å²) in [5.41, 5.74) is 1.14. The normalized spacial score (nSPS) is 20.4. The molecule has 1 unspecified atom stereocenters. The summed E-state index contributed by atoms with van der Waals surface area (Å²) in [4.78, 5) is 15.5. The van der Waals surface area contributed by atoms with Gasteiger partial charge >= 0.3 is 0 Å². The van der Waals surface area contributed by atoms with Gasteiger partial charge in [0.05, 0.1) is 36.3 Å². The van der Waals surface area contributed by atoms with Crippen LogP contribution in [0, 0.1) is 0 Å². The minimum absolute atomic E-state index is 0.0599. The van der Waals surface area contributed by atoms with Gasteiger partial charge in [0.2, 0.25) is 10.0 Å². The number of benzene rings is 1. The van der Waals surface area contributed by atoms with E-state index >= 15 is 0 Å². The highest BCUT2D eigenvalue weighted by Crippen LogP contribution is 2.29. The van der Waals surface area contributed by atoms with Crippen molar-refractivity contribution in [2.24, 2.45) is 0 Å². The molecule has 2 saturated heterocycles. The molecule has 2 aliphatic rings. The van der Waals surface area contributed by atoms with Crippen LogP contribution in [0.1, 0.15) is 18.9 Å². The standard InChI is InChI=1S/C21H25N5O5S/c27-21-19-18(7-8-22-21)26(16-2-1-11-31-14-16)24-20(19)23-15-3-5-17(6-4-15)32(28,29)25-9-12-30-13-10-25/h3-8,16H,1-2,9-14H2,(H,22,27)(H,23,24). The van der Waals surface area contributed by atoms with Crippen LogP contribution in [0.2, 0.25) is 0 Å². The van der Waals surface area contributed by atoms with Crippen molar-refractivity contribution >= 4 is 32.4 Å². The van der Waals surface area contributed by atoms with Crippen LogP contribution in [0.4, 0.5) is 11.5 Å². The van der Waals surface area contributed by atoms with Crippen molar-refractivity contribution in [3.05, 3.63) is 46.9 Å². The molecule has 2 aromatic heterocycles. The highest BCUT2D eigenvalue weighted by molar-refractivity contribution is 7.89. The molecule has 3 aromatic rings. The molecule has 0 amide bonds. The summed E-state index contributed by atoms with van der Waals surface area (Å²) in [7, 11) is -3.57. The summed E-state index contributed by atoms with van der Waals surface area (Å²) in [5.74, 6) is 0.427. The molecule has 2 fully saturated rings. The van der Waals surface area contributed by atoms with Crippen LogP contribution in [0.5, 0.6) is 0 Å².